The van der Waals surface area contributed by atoms with E-state index in [9.17, 15) is 9.59 Å². The zero-order chi connectivity index (χ0) is 13.8. The van der Waals surface area contributed by atoms with Crippen molar-refractivity contribution in [2.75, 3.05) is 5.32 Å². The molecule has 0 aliphatic heterocycles. The Labute approximate surface area is 112 Å². The normalized spacial score (nSPS) is 10.4. The number of nitrogens with one attached hydrogen (secondary N) is 1. The lowest BCUT2D eigenvalue weighted by molar-refractivity contribution is -0.136. The summed E-state index contributed by atoms with van der Waals surface area (Å²) in [6.07, 6.45) is 1.22. The Morgan fingerprint density at radius 2 is 2.32 bits per heavy atom. The molecule has 19 heavy (non-hydrogen) atoms. The minimum Gasteiger partial charge on any atom is -0.481 e. The van der Waals surface area contributed by atoms with Crippen LogP contribution in [-0.4, -0.2) is 37.0 Å². The number of carbonyl (C=O) groups excluding carboxylic acids is 1. The van der Waals surface area contributed by atoms with Gasteiger partial charge in [-0.2, -0.15) is 0 Å². The number of thiazole rings is 1. The highest BCUT2D eigenvalue weighted by atomic mass is 32.1. The van der Waals surface area contributed by atoms with E-state index in [0.29, 0.717) is 10.8 Å². The summed E-state index contributed by atoms with van der Waals surface area (Å²) in [5, 5.41) is 20.9. The molecule has 0 atom stereocenters. The lowest BCUT2D eigenvalue weighted by Crippen LogP contribution is -2.19. The van der Waals surface area contributed by atoms with Crippen molar-refractivity contribution in [1.29, 1.82) is 0 Å². The maximum absolute atomic E-state index is 11.7. The Hall–Kier alpha value is -2.29. The SMILES string of the molecule is Cc1csc(NC(=O)Cn2cc(CC(=O)O)nn2)n1. The van der Waals surface area contributed by atoms with Gasteiger partial charge in [0.25, 0.3) is 0 Å². The molecular formula is C10H11N5O3S. The predicted molar refractivity (Wildman–Crippen MR) is 66.8 cm³/mol. The summed E-state index contributed by atoms with van der Waals surface area (Å²) in [5.74, 6) is -1.28. The number of aliphatic carboxylic acids is 1. The fourth-order valence-corrected chi connectivity index (χ4v) is 2.07. The molecule has 0 saturated carbocycles. The van der Waals surface area contributed by atoms with Crippen LogP contribution in [0.2, 0.25) is 0 Å². The molecule has 2 aromatic heterocycles. The van der Waals surface area contributed by atoms with Crippen molar-refractivity contribution in [2.45, 2.75) is 19.9 Å². The first-order chi connectivity index (χ1) is 9.02. The number of hydrogen-bond acceptors (Lipinski definition) is 6. The van der Waals surface area contributed by atoms with Crippen molar-refractivity contribution in [3.63, 3.8) is 0 Å². The number of carbonyl (C=O) groups is 2. The Bertz CT molecular complexity index is 606. The van der Waals surface area contributed by atoms with E-state index in [2.05, 4.69) is 20.6 Å². The van der Waals surface area contributed by atoms with Crippen LogP contribution in [0, 0.1) is 6.92 Å². The van der Waals surface area contributed by atoms with E-state index >= 15 is 0 Å². The molecule has 0 fully saturated rings. The van der Waals surface area contributed by atoms with Crippen LogP contribution >= 0.6 is 11.3 Å². The maximum Gasteiger partial charge on any atom is 0.309 e. The van der Waals surface area contributed by atoms with Gasteiger partial charge in [-0.1, -0.05) is 5.21 Å². The van der Waals surface area contributed by atoms with Gasteiger partial charge in [-0.25, -0.2) is 9.67 Å². The molecule has 8 nitrogen and oxygen atoms in total. The number of aryl methyl sites for hydroxylation is 1. The molecule has 0 radical (unpaired) electrons. The first-order valence-electron chi connectivity index (χ1n) is 5.35. The van der Waals surface area contributed by atoms with Gasteiger partial charge in [-0.05, 0) is 6.92 Å². The number of carboxylic acids is 1. The van der Waals surface area contributed by atoms with Gasteiger partial charge in [0.15, 0.2) is 5.13 Å². The van der Waals surface area contributed by atoms with E-state index in [1.807, 2.05) is 12.3 Å². The molecule has 2 N–H and O–H groups in total. The van der Waals surface area contributed by atoms with Gasteiger partial charge in [-0.3, -0.25) is 9.59 Å². The van der Waals surface area contributed by atoms with Crippen LogP contribution in [0.3, 0.4) is 0 Å². The lowest BCUT2D eigenvalue weighted by Gasteiger charge is -2.00. The quantitative estimate of drug-likeness (QED) is 0.816. The fraction of sp³-hybridized carbons (Fsp3) is 0.300. The van der Waals surface area contributed by atoms with Crippen LogP contribution in [-0.2, 0) is 22.6 Å². The van der Waals surface area contributed by atoms with Gasteiger partial charge in [0.1, 0.15) is 6.54 Å². The number of amides is 1. The van der Waals surface area contributed by atoms with Gasteiger partial charge in [-0.15, -0.1) is 16.4 Å². The molecule has 0 unspecified atom stereocenters. The number of aromatic nitrogens is 4. The molecule has 0 spiro atoms. The monoisotopic (exact) mass is 281 g/mol. The summed E-state index contributed by atoms with van der Waals surface area (Å²) in [6, 6.07) is 0. The topological polar surface area (TPSA) is 110 Å². The first kappa shape index (κ1) is 13.1. The van der Waals surface area contributed by atoms with E-state index in [1.54, 1.807) is 0 Å². The molecule has 0 aliphatic rings. The number of anilines is 1. The number of hydrogen-bond donors (Lipinski definition) is 2. The molecule has 0 bridgehead atoms. The van der Waals surface area contributed by atoms with E-state index in [4.69, 9.17) is 5.11 Å². The van der Waals surface area contributed by atoms with Crippen LogP contribution in [0.25, 0.3) is 0 Å². The summed E-state index contributed by atoms with van der Waals surface area (Å²) in [5.41, 5.74) is 1.15. The van der Waals surface area contributed by atoms with Crippen LogP contribution in [0.5, 0.6) is 0 Å². The number of rotatable bonds is 5. The molecule has 2 heterocycles. The largest absolute Gasteiger partial charge is 0.481 e. The molecule has 100 valence electrons. The highest BCUT2D eigenvalue weighted by Crippen LogP contribution is 2.14. The summed E-state index contributed by atoms with van der Waals surface area (Å²) >= 11 is 1.34. The van der Waals surface area contributed by atoms with Gasteiger partial charge in [0.05, 0.1) is 17.8 Å². The number of carboxylic acid groups (broad SMARTS) is 1. The minimum atomic E-state index is -0.991. The van der Waals surface area contributed by atoms with Gasteiger partial charge < -0.3 is 10.4 Å². The van der Waals surface area contributed by atoms with Crippen molar-refractivity contribution >= 4 is 28.3 Å². The van der Waals surface area contributed by atoms with Crippen molar-refractivity contribution in [2.24, 2.45) is 0 Å². The Balaban J connectivity index is 1.91. The third-order valence-corrected chi connectivity index (χ3v) is 2.96. The first-order valence-corrected chi connectivity index (χ1v) is 6.23. The zero-order valence-corrected chi connectivity index (χ0v) is 10.8. The molecule has 2 rings (SSSR count). The third-order valence-electron chi connectivity index (χ3n) is 2.09. The Kier molecular flexibility index (Phi) is 3.85. The maximum atomic E-state index is 11.7. The summed E-state index contributed by atoms with van der Waals surface area (Å²) in [4.78, 5) is 26.3. The van der Waals surface area contributed by atoms with Gasteiger partial charge in [0.2, 0.25) is 5.91 Å². The average molecular weight is 281 g/mol. The van der Waals surface area contributed by atoms with Crippen molar-refractivity contribution in [1.82, 2.24) is 20.0 Å². The summed E-state index contributed by atoms with van der Waals surface area (Å²) < 4.78 is 1.29. The summed E-state index contributed by atoms with van der Waals surface area (Å²) in [7, 11) is 0. The number of nitrogens with zero attached hydrogens (tertiary/aromatic N) is 4. The molecule has 2 aromatic rings. The van der Waals surface area contributed by atoms with E-state index in [-0.39, 0.29) is 18.9 Å². The van der Waals surface area contributed by atoms with Crippen LogP contribution in [0.15, 0.2) is 11.6 Å². The highest BCUT2D eigenvalue weighted by Gasteiger charge is 2.10. The second-order valence-electron chi connectivity index (χ2n) is 3.82. The fourth-order valence-electron chi connectivity index (χ4n) is 1.37. The van der Waals surface area contributed by atoms with Crippen LogP contribution in [0.4, 0.5) is 5.13 Å². The van der Waals surface area contributed by atoms with Gasteiger partial charge >= 0.3 is 5.97 Å². The van der Waals surface area contributed by atoms with Crippen LogP contribution < -0.4 is 5.32 Å². The third kappa shape index (κ3) is 3.85. The lowest BCUT2D eigenvalue weighted by atomic mass is 10.3. The van der Waals surface area contributed by atoms with E-state index < -0.39 is 5.97 Å². The molecule has 0 aromatic carbocycles. The standard InChI is InChI=1S/C10H11N5O3S/c1-6-5-19-10(11-6)12-8(16)4-15-3-7(13-14-15)2-9(17)18/h3,5H,2,4H2,1H3,(H,17,18)(H,11,12,16). The second kappa shape index (κ2) is 5.57. The van der Waals surface area contributed by atoms with Gasteiger partial charge in [0, 0.05) is 11.6 Å². The smallest absolute Gasteiger partial charge is 0.309 e. The predicted octanol–water partition coefficient (Wildman–Crippen LogP) is 0.309. The molecule has 1 amide bonds. The second-order valence-corrected chi connectivity index (χ2v) is 4.68. The minimum absolute atomic E-state index is 0.0365. The molecule has 0 aliphatic carbocycles. The van der Waals surface area contributed by atoms with Crippen LogP contribution in [0.1, 0.15) is 11.4 Å². The highest BCUT2D eigenvalue weighted by molar-refractivity contribution is 7.13. The summed E-state index contributed by atoms with van der Waals surface area (Å²) in [6.45, 7) is 1.80. The van der Waals surface area contributed by atoms with E-state index in [1.165, 1.54) is 22.2 Å². The Morgan fingerprint density at radius 1 is 1.53 bits per heavy atom. The van der Waals surface area contributed by atoms with Crippen molar-refractivity contribution < 1.29 is 14.7 Å². The van der Waals surface area contributed by atoms with Crippen molar-refractivity contribution in [3.05, 3.63) is 23.0 Å². The molecule has 9 heteroatoms. The molecule has 0 saturated heterocycles. The van der Waals surface area contributed by atoms with E-state index in [0.717, 1.165) is 5.69 Å². The average Bonchev–Trinajstić information content (AvgIpc) is 2.88. The zero-order valence-electron chi connectivity index (χ0n) is 10.0. The van der Waals surface area contributed by atoms with Crippen molar-refractivity contribution in [3.8, 4) is 0 Å². The molecular weight excluding hydrogens is 270 g/mol. The Morgan fingerprint density at radius 3 is 2.95 bits per heavy atom.